The summed E-state index contributed by atoms with van der Waals surface area (Å²) in [5.41, 5.74) is 0.928. The first-order valence-corrected chi connectivity index (χ1v) is 7.56. The third-order valence-corrected chi connectivity index (χ3v) is 3.81. The number of aromatic hydroxyl groups is 1. The largest absolute Gasteiger partial charge is 0.507 e. The van der Waals surface area contributed by atoms with E-state index in [9.17, 15) is 14.7 Å². The van der Waals surface area contributed by atoms with Crippen LogP contribution >= 0.6 is 0 Å². The number of aromatic amines is 1. The number of fused-ring (bicyclic) bond motifs is 1. The fraction of sp³-hybridized carbons (Fsp3) is 0.250. The third kappa shape index (κ3) is 2.73. The lowest BCUT2D eigenvalue weighted by Crippen LogP contribution is -2.28. The molecule has 0 fully saturated rings. The topological polar surface area (TPSA) is 112 Å². The zero-order valence-corrected chi connectivity index (χ0v) is 13.3. The number of hydrogen-bond donors (Lipinski definition) is 3. The monoisotopic (exact) mass is 327 g/mol. The number of aromatic nitrogens is 4. The number of amides is 1. The summed E-state index contributed by atoms with van der Waals surface area (Å²) in [6, 6.07) is 4.46. The molecule has 0 aliphatic rings. The highest BCUT2D eigenvalue weighted by Crippen LogP contribution is 2.20. The van der Waals surface area contributed by atoms with E-state index in [2.05, 4.69) is 20.5 Å². The van der Waals surface area contributed by atoms with E-state index in [-0.39, 0.29) is 22.5 Å². The maximum atomic E-state index is 12.4. The standard InChI is InChI=1S/C16H17N5O3/c1-3-10-4-5-11(12(22)8-10)15(23)18-9(2)13-19-20-14-16(24)17-6-7-21(13)14/h4-9,22H,3H2,1-2H3,(H,17,24)(H,18,23). The quantitative estimate of drug-likeness (QED) is 0.666. The summed E-state index contributed by atoms with van der Waals surface area (Å²) >= 11 is 0. The van der Waals surface area contributed by atoms with Gasteiger partial charge in [0, 0.05) is 12.4 Å². The van der Waals surface area contributed by atoms with Crippen molar-refractivity contribution in [3.05, 3.63) is 57.9 Å². The number of carbonyl (C=O) groups excluding carboxylic acids is 1. The van der Waals surface area contributed by atoms with E-state index in [1.54, 1.807) is 31.3 Å². The van der Waals surface area contributed by atoms with E-state index < -0.39 is 11.9 Å². The van der Waals surface area contributed by atoms with E-state index in [1.165, 1.54) is 10.6 Å². The molecule has 0 aliphatic carbocycles. The highest BCUT2D eigenvalue weighted by atomic mass is 16.3. The Morgan fingerprint density at radius 1 is 1.42 bits per heavy atom. The first-order chi connectivity index (χ1) is 11.5. The van der Waals surface area contributed by atoms with Gasteiger partial charge < -0.3 is 15.4 Å². The second-order valence-electron chi connectivity index (χ2n) is 5.44. The third-order valence-electron chi connectivity index (χ3n) is 3.81. The van der Waals surface area contributed by atoms with Gasteiger partial charge in [-0.3, -0.25) is 14.0 Å². The SMILES string of the molecule is CCc1ccc(C(=O)NC(C)c2nnc3c(=O)[nH]ccn23)c(O)c1. The van der Waals surface area contributed by atoms with Crippen molar-refractivity contribution < 1.29 is 9.90 Å². The molecule has 1 amide bonds. The van der Waals surface area contributed by atoms with Crippen molar-refractivity contribution in [2.75, 3.05) is 0 Å². The van der Waals surface area contributed by atoms with Crippen LogP contribution in [0.4, 0.5) is 0 Å². The Morgan fingerprint density at radius 2 is 2.21 bits per heavy atom. The van der Waals surface area contributed by atoms with Gasteiger partial charge in [-0.25, -0.2) is 0 Å². The molecule has 2 heterocycles. The van der Waals surface area contributed by atoms with Crippen molar-refractivity contribution in [2.24, 2.45) is 0 Å². The Morgan fingerprint density at radius 3 is 2.92 bits per heavy atom. The van der Waals surface area contributed by atoms with Crippen molar-refractivity contribution >= 4 is 11.6 Å². The maximum Gasteiger partial charge on any atom is 0.293 e. The highest BCUT2D eigenvalue weighted by Gasteiger charge is 2.19. The lowest BCUT2D eigenvalue weighted by atomic mass is 10.1. The number of H-pyrrole nitrogens is 1. The zero-order valence-electron chi connectivity index (χ0n) is 13.3. The molecular formula is C16H17N5O3. The minimum Gasteiger partial charge on any atom is -0.507 e. The van der Waals surface area contributed by atoms with Gasteiger partial charge in [0.2, 0.25) is 5.65 Å². The van der Waals surface area contributed by atoms with E-state index in [1.807, 2.05) is 6.92 Å². The van der Waals surface area contributed by atoms with Crippen molar-refractivity contribution in [1.82, 2.24) is 24.9 Å². The molecular weight excluding hydrogens is 310 g/mol. The summed E-state index contributed by atoms with van der Waals surface area (Å²) in [4.78, 5) is 26.6. The van der Waals surface area contributed by atoms with Crippen molar-refractivity contribution in [2.45, 2.75) is 26.3 Å². The van der Waals surface area contributed by atoms with Gasteiger partial charge >= 0.3 is 0 Å². The molecule has 0 radical (unpaired) electrons. The number of carbonyl (C=O) groups is 1. The normalized spacial score (nSPS) is 12.2. The summed E-state index contributed by atoms with van der Waals surface area (Å²) in [7, 11) is 0. The Hall–Kier alpha value is -3.16. The van der Waals surface area contributed by atoms with Crippen LogP contribution in [0, 0.1) is 0 Å². The highest BCUT2D eigenvalue weighted by molar-refractivity contribution is 5.97. The van der Waals surface area contributed by atoms with Gasteiger partial charge in [0.05, 0.1) is 11.6 Å². The Labute approximate surface area is 137 Å². The molecule has 3 N–H and O–H groups in total. The average molecular weight is 327 g/mol. The van der Waals surface area contributed by atoms with Gasteiger partial charge in [-0.2, -0.15) is 0 Å². The van der Waals surface area contributed by atoms with Crippen molar-refractivity contribution in [3.8, 4) is 5.75 Å². The molecule has 24 heavy (non-hydrogen) atoms. The number of hydrogen-bond acceptors (Lipinski definition) is 5. The van der Waals surface area contributed by atoms with Gasteiger partial charge in [-0.15, -0.1) is 10.2 Å². The first kappa shape index (κ1) is 15.7. The summed E-state index contributed by atoms with van der Waals surface area (Å²) in [5, 5.41) is 20.6. The Bertz CT molecular complexity index is 960. The fourth-order valence-corrected chi connectivity index (χ4v) is 2.48. The van der Waals surface area contributed by atoms with Crippen LogP contribution in [0.1, 0.15) is 41.6 Å². The summed E-state index contributed by atoms with van der Waals surface area (Å²) in [6.07, 6.45) is 3.86. The molecule has 1 atom stereocenters. The lowest BCUT2D eigenvalue weighted by molar-refractivity contribution is 0.0935. The van der Waals surface area contributed by atoms with Crippen LogP contribution in [0.2, 0.25) is 0 Å². The number of aryl methyl sites for hydroxylation is 1. The van der Waals surface area contributed by atoms with E-state index in [0.717, 1.165) is 12.0 Å². The predicted molar refractivity (Wildman–Crippen MR) is 87.0 cm³/mol. The number of rotatable bonds is 4. The molecule has 8 heteroatoms. The molecule has 0 bridgehead atoms. The summed E-state index contributed by atoms with van der Waals surface area (Å²) in [5.74, 6) is -0.0695. The molecule has 3 rings (SSSR count). The summed E-state index contributed by atoms with van der Waals surface area (Å²) in [6.45, 7) is 3.70. The molecule has 2 aromatic heterocycles. The molecule has 1 unspecified atom stereocenters. The first-order valence-electron chi connectivity index (χ1n) is 7.56. The number of benzene rings is 1. The van der Waals surface area contributed by atoms with Crippen molar-refractivity contribution in [3.63, 3.8) is 0 Å². The van der Waals surface area contributed by atoms with E-state index in [0.29, 0.717) is 5.82 Å². The number of phenolic OH excluding ortho intramolecular Hbond substituents is 1. The number of nitrogens with zero attached hydrogens (tertiary/aromatic N) is 3. The van der Waals surface area contributed by atoms with Gasteiger partial charge in [0.25, 0.3) is 11.5 Å². The predicted octanol–water partition coefficient (Wildman–Crippen LogP) is 1.18. The van der Waals surface area contributed by atoms with Crippen LogP contribution in [0.15, 0.2) is 35.4 Å². The second kappa shape index (κ2) is 6.15. The molecule has 0 saturated carbocycles. The molecule has 1 aromatic carbocycles. The minimum atomic E-state index is -0.500. The Balaban J connectivity index is 1.86. The van der Waals surface area contributed by atoms with Gasteiger partial charge in [-0.1, -0.05) is 13.0 Å². The molecule has 8 nitrogen and oxygen atoms in total. The molecule has 3 aromatic rings. The van der Waals surface area contributed by atoms with Crippen LogP contribution in [0.25, 0.3) is 5.65 Å². The van der Waals surface area contributed by atoms with E-state index in [4.69, 9.17) is 0 Å². The molecule has 0 saturated heterocycles. The van der Waals surface area contributed by atoms with Crippen LogP contribution in [0.5, 0.6) is 5.75 Å². The lowest BCUT2D eigenvalue weighted by Gasteiger charge is -2.13. The Kier molecular flexibility index (Phi) is 4.03. The zero-order chi connectivity index (χ0) is 17.3. The number of nitrogens with one attached hydrogen (secondary N) is 2. The van der Waals surface area contributed by atoms with Crippen LogP contribution < -0.4 is 10.9 Å². The number of phenols is 1. The maximum absolute atomic E-state index is 12.4. The molecule has 124 valence electrons. The summed E-state index contributed by atoms with van der Waals surface area (Å²) < 4.78 is 1.52. The fourth-order valence-electron chi connectivity index (χ4n) is 2.48. The van der Waals surface area contributed by atoms with Crippen LogP contribution in [-0.2, 0) is 6.42 Å². The molecule has 0 aliphatic heterocycles. The van der Waals surface area contributed by atoms with Gasteiger partial charge in [0.1, 0.15) is 5.75 Å². The minimum absolute atomic E-state index is 0.0680. The average Bonchev–Trinajstić information content (AvgIpc) is 3.00. The van der Waals surface area contributed by atoms with E-state index >= 15 is 0 Å². The smallest absolute Gasteiger partial charge is 0.293 e. The van der Waals surface area contributed by atoms with Crippen LogP contribution in [-0.4, -0.2) is 30.6 Å². The van der Waals surface area contributed by atoms with Gasteiger partial charge in [0.15, 0.2) is 5.82 Å². The second-order valence-corrected chi connectivity index (χ2v) is 5.44. The molecule has 0 spiro atoms. The van der Waals surface area contributed by atoms with Crippen LogP contribution in [0.3, 0.4) is 0 Å². The van der Waals surface area contributed by atoms with Gasteiger partial charge in [-0.05, 0) is 31.0 Å². The van der Waals surface area contributed by atoms with Crippen molar-refractivity contribution in [1.29, 1.82) is 0 Å².